The van der Waals surface area contributed by atoms with Gasteiger partial charge in [-0.05, 0) is 78.9 Å². The number of nitrogens with two attached hydrogens (primary N) is 2. The smallest absolute Gasteiger partial charge is 0.285 e. The van der Waals surface area contributed by atoms with Crippen LogP contribution in [-0.2, 0) is 15.8 Å². The van der Waals surface area contributed by atoms with Gasteiger partial charge in [0.15, 0.2) is 0 Å². The Balaban J connectivity index is 1.81. The van der Waals surface area contributed by atoms with Gasteiger partial charge in [0.1, 0.15) is 17.3 Å². The van der Waals surface area contributed by atoms with Crippen molar-refractivity contribution in [2.45, 2.75) is 36.6 Å². The first-order chi connectivity index (χ1) is 20.1. The van der Waals surface area contributed by atoms with Crippen molar-refractivity contribution in [1.82, 2.24) is 5.48 Å². The van der Waals surface area contributed by atoms with E-state index in [1.807, 2.05) is 0 Å². The number of hydroxylamine groups is 1. The topological polar surface area (TPSA) is 91.8 Å². The lowest BCUT2D eigenvalue weighted by atomic mass is 9.60. The van der Waals surface area contributed by atoms with Crippen molar-refractivity contribution in [2.75, 3.05) is 26.6 Å². The zero-order valence-corrected chi connectivity index (χ0v) is 23.7. The van der Waals surface area contributed by atoms with Crippen LogP contribution in [0.15, 0.2) is 102 Å². The van der Waals surface area contributed by atoms with Gasteiger partial charge in [-0.25, -0.2) is 13.2 Å². The van der Waals surface area contributed by atoms with E-state index in [1.54, 1.807) is 60.7 Å². The molecule has 6 nitrogen and oxygen atoms in total. The molecule has 1 heterocycles. The first kappa shape index (κ1) is 29.3. The standard InChI is InChI=1S/C33H34F3N3O3/c1-31(27-20-23(37)11-17-28(27)34)26(29-6-4-5-19-42-39-29)16-18-30(33(31,35)36)32(38,21-7-12-24(40-2)13-8-21)22-9-14-25(41-3)15-10-22/h6-18,20,39H,4-5,19,37-38H2,1-3H3/t31-/m1/s1. The van der Waals surface area contributed by atoms with Crippen LogP contribution in [0, 0.1) is 5.82 Å². The second kappa shape index (κ2) is 11.2. The molecule has 0 spiro atoms. The summed E-state index contributed by atoms with van der Waals surface area (Å²) in [6.45, 7) is 1.72. The molecule has 1 aliphatic carbocycles. The number of halogens is 3. The van der Waals surface area contributed by atoms with Gasteiger partial charge in [0.05, 0.1) is 37.5 Å². The lowest BCUT2D eigenvalue weighted by molar-refractivity contribution is -0.0343. The summed E-state index contributed by atoms with van der Waals surface area (Å²) in [5.74, 6) is -3.47. The Bertz CT molecular complexity index is 1500. The molecule has 0 radical (unpaired) electrons. The zero-order valence-electron chi connectivity index (χ0n) is 23.7. The fourth-order valence-corrected chi connectivity index (χ4v) is 5.78. The van der Waals surface area contributed by atoms with Gasteiger partial charge in [0.25, 0.3) is 5.92 Å². The van der Waals surface area contributed by atoms with Crippen LogP contribution in [0.5, 0.6) is 11.5 Å². The molecule has 0 saturated heterocycles. The number of hydrogen-bond donors (Lipinski definition) is 3. The fourth-order valence-electron chi connectivity index (χ4n) is 5.78. The third-order valence-corrected chi connectivity index (χ3v) is 8.24. The highest BCUT2D eigenvalue weighted by Crippen LogP contribution is 2.58. The Kier molecular flexibility index (Phi) is 7.83. The van der Waals surface area contributed by atoms with Crippen LogP contribution in [0.25, 0.3) is 0 Å². The minimum atomic E-state index is -3.74. The SMILES string of the molecule is COc1ccc(C(N)(C2=CC=C(C3=CCCCON3)[C@](C)(c3cc(N)ccc3F)C2(F)F)c2ccc(OC)cc2)cc1. The van der Waals surface area contributed by atoms with Gasteiger partial charge in [-0.1, -0.05) is 42.5 Å². The Hall–Kier alpha value is -4.21. The van der Waals surface area contributed by atoms with E-state index in [2.05, 4.69) is 5.48 Å². The third kappa shape index (κ3) is 4.72. The average Bonchev–Trinajstić information content (AvgIpc) is 3.29. The van der Waals surface area contributed by atoms with E-state index in [0.29, 0.717) is 47.8 Å². The number of methoxy groups -OCH3 is 2. The maximum absolute atomic E-state index is 17.6. The van der Waals surface area contributed by atoms with Gasteiger partial charge >= 0.3 is 0 Å². The first-order valence-electron chi connectivity index (χ1n) is 13.6. The van der Waals surface area contributed by atoms with Crippen molar-refractivity contribution in [3.05, 3.63) is 124 Å². The van der Waals surface area contributed by atoms with Gasteiger partial charge in [-0.3, -0.25) is 10.3 Å². The molecule has 0 aromatic heterocycles. The third-order valence-electron chi connectivity index (χ3n) is 8.24. The van der Waals surface area contributed by atoms with Crippen LogP contribution in [0.2, 0.25) is 0 Å². The van der Waals surface area contributed by atoms with Crippen LogP contribution in [-0.4, -0.2) is 26.7 Å². The van der Waals surface area contributed by atoms with Crippen molar-refractivity contribution in [1.29, 1.82) is 0 Å². The average molecular weight is 578 g/mol. The molecule has 1 aliphatic heterocycles. The van der Waals surface area contributed by atoms with Gasteiger partial charge in [0, 0.05) is 16.8 Å². The number of nitrogen functional groups attached to an aromatic ring is 1. The van der Waals surface area contributed by atoms with Crippen molar-refractivity contribution in [2.24, 2.45) is 5.73 Å². The number of ether oxygens (including phenoxy) is 2. The molecule has 0 bridgehead atoms. The van der Waals surface area contributed by atoms with Crippen LogP contribution in [0.4, 0.5) is 18.9 Å². The number of rotatable bonds is 7. The summed E-state index contributed by atoms with van der Waals surface area (Å²) in [5, 5.41) is 0. The number of hydrogen-bond acceptors (Lipinski definition) is 6. The minimum Gasteiger partial charge on any atom is -0.497 e. The second-order valence-corrected chi connectivity index (χ2v) is 10.6. The molecule has 9 heteroatoms. The predicted octanol–water partition coefficient (Wildman–Crippen LogP) is 6.29. The van der Waals surface area contributed by atoms with E-state index in [9.17, 15) is 0 Å². The summed E-state index contributed by atoms with van der Waals surface area (Å²) in [6.07, 6.45) is 5.99. The normalized spacial score (nSPS) is 20.4. The van der Waals surface area contributed by atoms with Crippen molar-refractivity contribution < 1.29 is 27.5 Å². The lowest BCUT2D eigenvalue weighted by Gasteiger charge is -2.48. The molecule has 0 amide bonds. The summed E-state index contributed by atoms with van der Waals surface area (Å²) in [5.41, 5.74) is 12.7. The lowest BCUT2D eigenvalue weighted by Crippen LogP contribution is -2.56. The van der Waals surface area contributed by atoms with E-state index in [1.165, 1.54) is 39.4 Å². The van der Waals surface area contributed by atoms with E-state index in [0.717, 1.165) is 6.07 Å². The first-order valence-corrected chi connectivity index (χ1v) is 13.6. The highest BCUT2D eigenvalue weighted by atomic mass is 19.3. The molecule has 5 N–H and O–H groups in total. The van der Waals surface area contributed by atoms with Crippen molar-refractivity contribution in [3.63, 3.8) is 0 Å². The van der Waals surface area contributed by atoms with Crippen LogP contribution >= 0.6 is 0 Å². The van der Waals surface area contributed by atoms with Crippen molar-refractivity contribution >= 4 is 5.69 Å². The number of alkyl halides is 2. The number of nitrogens with one attached hydrogen (secondary N) is 1. The van der Waals surface area contributed by atoms with E-state index in [-0.39, 0.29) is 16.8 Å². The summed E-state index contributed by atoms with van der Waals surface area (Å²) in [7, 11) is 3.04. The molecule has 3 aromatic rings. The maximum Gasteiger partial charge on any atom is 0.285 e. The molecule has 0 fully saturated rings. The van der Waals surface area contributed by atoms with E-state index >= 15 is 13.2 Å². The highest BCUT2D eigenvalue weighted by Gasteiger charge is 2.63. The van der Waals surface area contributed by atoms with Gasteiger partial charge in [-0.2, -0.15) is 0 Å². The van der Waals surface area contributed by atoms with Crippen LogP contribution in [0.1, 0.15) is 36.5 Å². The number of anilines is 1. The molecule has 0 saturated carbocycles. The Morgan fingerprint density at radius 3 is 2.07 bits per heavy atom. The number of benzene rings is 3. The fraction of sp³-hybridized carbons (Fsp3) is 0.273. The second-order valence-electron chi connectivity index (χ2n) is 10.6. The van der Waals surface area contributed by atoms with Gasteiger partial charge in [-0.15, -0.1) is 0 Å². The van der Waals surface area contributed by atoms with E-state index in [4.69, 9.17) is 25.8 Å². The van der Waals surface area contributed by atoms with Gasteiger partial charge in [0.2, 0.25) is 0 Å². The minimum absolute atomic E-state index is 0.148. The molecular formula is C33H34F3N3O3. The zero-order chi connectivity index (χ0) is 30.1. The van der Waals surface area contributed by atoms with Crippen molar-refractivity contribution in [3.8, 4) is 11.5 Å². The molecule has 220 valence electrons. The quantitative estimate of drug-likeness (QED) is 0.286. The molecule has 3 aromatic carbocycles. The Morgan fingerprint density at radius 2 is 1.50 bits per heavy atom. The van der Waals surface area contributed by atoms with E-state index < -0.39 is 28.3 Å². The maximum atomic E-state index is 17.6. The number of allylic oxidation sites excluding steroid dienone is 4. The Morgan fingerprint density at radius 1 is 0.905 bits per heavy atom. The monoisotopic (exact) mass is 577 g/mol. The molecular weight excluding hydrogens is 543 g/mol. The summed E-state index contributed by atoms with van der Waals surface area (Å²) in [4.78, 5) is 5.50. The largest absolute Gasteiger partial charge is 0.497 e. The summed E-state index contributed by atoms with van der Waals surface area (Å²) >= 11 is 0. The summed E-state index contributed by atoms with van der Waals surface area (Å²) < 4.78 is 61.5. The van der Waals surface area contributed by atoms with Crippen LogP contribution < -0.4 is 26.4 Å². The van der Waals surface area contributed by atoms with Gasteiger partial charge < -0.3 is 20.9 Å². The molecule has 42 heavy (non-hydrogen) atoms. The predicted molar refractivity (Wildman–Crippen MR) is 157 cm³/mol. The Labute approximate surface area is 243 Å². The molecule has 2 aliphatic rings. The molecule has 5 rings (SSSR count). The summed E-state index contributed by atoms with van der Waals surface area (Å²) in [6, 6.07) is 17.0. The highest BCUT2D eigenvalue weighted by molar-refractivity contribution is 5.63. The van der Waals surface area contributed by atoms with Crippen LogP contribution in [0.3, 0.4) is 0 Å². The molecule has 1 atom stereocenters. The molecule has 0 unspecified atom stereocenters.